The zero-order valence-electron chi connectivity index (χ0n) is 12.2. The predicted octanol–water partition coefficient (Wildman–Crippen LogP) is 1.50. The zero-order valence-corrected chi connectivity index (χ0v) is 12.2. The molecule has 0 atom stereocenters. The van der Waals surface area contributed by atoms with Crippen LogP contribution < -0.4 is 15.8 Å². The summed E-state index contributed by atoms with van der Waals surface area (Å²) in [6.07, 6.45) is 1.80. The average Bonchev–Trinajstić information content (AvgIpc) is 2.66. The number of anilines is 2. The van der Waals surface area contributed by atoms with Crippen LogP contribution in [0.25, 0.3) is 0 Å². The van der Waals surface area contributed by atoms with Gasteiger partial charge in [0.1, 0.15) is 5.82 Å². The molecule has 0 unspecified atom stereocenters. The largest absolute Gasteiger partial charge is 0.475 e. The molecule has 2 aromatic rings. The van der Waals surface area contributed by atoms with E-state index in [1.807, 2.05) is 26.8 Å². The van der Waals surface area contributed by atoms with E-state index in [-0.39, 0.29) is 6.10 Å². The molecule has 0 spiro atoms. The summed E-state index contributed by atoms with van der Waals surface area (Å²) in [4.78, 5) is 8.64. The molecule has 0 aliphatic carbocycles. The van der Waals surface area contributed by atoms with Crippen LogP contribution in [-0.2, 0) is 13.6 Å². The van der Waals surface area contributed by atoms with Gasteiger partial charge >= 0.3 is 0 Å². The average molecular weight is 276 g/mol. The molecule has 0 aromatic carbocycles. The zero-order chi connectivity index (χ0) is 14.7. The monoisotopic (exact) mass is 276 g/mol. The summed E-state index contributed by atoms with van der Waals surface area (Å²) in [6.45, 7) is 6.34. The van der Waals surface area contributed by atoms with Gasteiger partial charge in [0.2, 0.25) is 11.8 Å². The minimum Gasteiger partial charge on any atom is -0.475 e. The highest BCUT2D eigenvalue weighted by atomic mass is 16.5. The quantitative estimate of drug-likeness (QED) is 0.860. The van der Waals surface area contributed by atoms with Crippen molar-refractivity contribution in [3.05, 3.63) is 23.5 Å². The fraction of sp³-hybridized carbons (Fsp3) is 0.462. The van der Waals surface area contributed by atoms with Gasteiger partial charge in [0.15, 0.2) is 0 Å². The summed E-state index contributed by atoms with van der Waals surface area (Å²) in [5.41, 5.74) is 7.64. The van der Waals surface area contributed by atoms with E-state index < -0.39 is 0 Å². The van der Waals surface area contributed by atoms with E-state index >= 15 is 0 Å². The first-order valence-corrected chi connectivity index (χ1v) is 6.48. The van der Waals surface area contributed by atoms with Crippen molar-refractivity contribution in [2.24, 2.45) is 7.05 Å². The van der Waals surface area contributed by atoms with Crippen molar-refractivity contribution < 1.29 is 4.74 Å². The van der Waals surface area contributed by atoms with E-state index in [4.69, 9.17) is 10.5 Å². The summed E-state index contributed by atoms with van der Waals surface area (Å²) < 4.78 is 7.21. The van der Waals surface area contributed by atoms with Crippen molar-refractivity contribution in [2.75, 3.05) is 11.1 Å². The Hall–Kier alpha value is -2.31. The molecule has 20 heavy (non-hydrogen) atoms. The predicted molar refractivity (Wildman–Crippen MR) is 77.5 cm³/mol. The first-order valence-electron chi connectivity index (χ1n) is 6.48. The molecular formula is C13H20N6O. The Morgan fingerprint density at radius 3 is 2.75 bits per heavy atom. The van der Waals surface area contributed by atoms with Crippen molar-refractivity contribution in [3.63, 3.8) is 0 Å². The number of nitrogens with zero attached hydrogens (tertiary/aromatic N) is 4. The Bertz CT molecular complexity index is 593. The highest BCUT2D eigenvalue weighted by Gasteiger charge is 2.07. The fourth-order valence-corrected chi connectivity index (χ4v) is 1.72. The first kappa shape index (κ1) is 14.1. The maximum atomic E-state index is 5.89. The van der Waals surface area contributed by atoms with Gasteiger partial charge in [0.05, 0.1) is 12.3 Å². The maximum Gasteiger partial charge on any atom is 0.226 e. The summed E-state index contributed by atoms with van der Waals surface area (Å²) in [7, 11) is 1.80. The summed E-state index contributed by atoms with van der Waals surface area (Å²) in [5, 5.41) is 7.22. The number of rotatable bonds is 5. The molecule has 2 rings (SSSR count). The second-order valence-corrected chi connectivity index (χ2v) is 4.87. The van der Waals surface area contributed by atoms with Crippen LogP contribution in [0.4, 0.5) is 11.8 Å². The molecule has 0 saturated heterocycles. The van der Waals surface area contributed by atoms with Crippen molar-refractivity contribution in [3.8, 4) is 5.88 Å². The molecular weight excluding hydrogens is 256 g/mol. The lowest BCUT2D eigenvalue weighted by atomic mass is 10.3. The molecule has 7 nitrogen and oxygen atoms in total. The van der Waals surface area contributed by atoms with Gasteiger partial charge in [-0.1, -0.05) is 0 Å². The normalized spacial score (nSPS) is 10.8. The van der Waals surface area contributed by atoms with Crippen LogP contribution in [-0.4, -0.2) is 25.9 Å². The molecule has 2 aromatic heterocycles. The van der Waals surface area contributed by atoms with Crippen LogP contribution in [0, 0.1) is 6.92 Å². The van der Waals surface area contributed by atoms with Crippen LogP contribution in [0.5, 0.6) is 5.88 Å². The Labute approximate surface area is 118 Å². The number of hydrogen-bond donors (Lipinski definition) is 2. The minimum atomic E-state index is 0.0751. The Morgan fingerprint density at radius 1 is 1.40 bits per heavy atom. The van der Waals surface area contributed by atoms with Gasteiger partial charge in [-0.3, -0.25) is 4.68 Å². The van der Waals surface area contributed by atoms with Gasteiger partial charge < -0.3 is 15.8 Å². The van der Waals surface area contributed by atoms with Crippen LogP contribution in [0.1, 0.15) is 25.1 Å². The molecule has 0 aliphatic rings. The van der Waals surface area contributed by atoms with Crippen molar-refractivity contribution >= 4 is 11.8 Å². The molecule has 0 radical (unpaired) electrons. The van der Waals surface area contributed by atoms with Crippen LogP contribution >= 0.6 is 0 Å². The topological polar surface area (TPSA) is 90.9 Å². The third kappa shape index (κ3) is 3.37. The Balaban J connectivity index is 2.09. The standard InChI is InChI=1S/C13H20N6O/c1-8(2)20-11-5-9(3)17-13(18-11)15-6-10-7-16-19(4)12(10)14/h5,7-8H,6,14H2,1-4H3,(H,15,17,18). The smallest absolute Gasteiger partial charge is 0.226 e. The minimum absolute atomic E-state index is 0.0751. The lowest BCUT2D eigenvalue weighted by Crippen LogP contribution is -2.10. The molecule has 0 bridgehead atoms. The highest BCUT2D eigenvalue weighted by molar-refractivity contribution is 5.41. The molecule has 2 heterocycles. The fourth-order valence-electron chi connectivity index (χ4n) is 1.72. The van der Waals surface area contributed by atoms with Crippen molar-refractivity contribution in [1.29, 1.82) is 0 Å². The Morgan fingerprint density at radius 2 is 2.15 bits per heavy atom. The van der Waals surface area contributed by atoms with Gasteiger partial charge in [-0.05, 0) is 20.8 Å². The van der Waals surface area contributed by atoms with Gasteiger partial charge in [-0.25, -0.2) is 4.98 Å². The lowest BCUT2D eigenvalue weighted by molar-refractivity contribution is 0.232. The second kappa shape index (κ2) is 5.77. The van der Waals surface area contributed by atoms with Crippen LogP contribution in [0.15, 0.2) is 12.3 Å². The SMILES string of the molecule is Cc1cc(OC(C)C)nc(NCc2cnn(C)c2N)n1. The molecule has 3 N–H and O–H groups in total. The van der Waals surface area contributed by atoms with Crippen molar-refractivity contribution in [2.45, 2.75) is 33.4 Å². The van der Waals surface area contributed by atoms with Crippen molar-refractivity contribution in [1.82, 2.24) is 19.7 Å². The van der Waals surface area contributed by atoms with E-state index in [1.54, 1.807) is 17.9 Å². The third-order valence-corrected chi connectivity index (χ3v) is 2.69. The lowest BCUT2D eigenvalue weighted by Gasteiger charge is -2.11. The van der Waals surface area contributed by atoms with Gasteiger partial charge in [-0.15, -0.1) is 0 Å². The first-order chi connectivity index (χ1) is 9.45. The second-order valence-electron chi connectivity index (χ2n) is 4.87. The molecule has 0 saturated carbocycles. The number of aromatic nitrogens is 4. The van der Waals surface area contributed by atoms with E-state index in [0.717, 1.165) is 11.3 Å². The molecule has 0 aliphatic heterocycles. The van der Waals surface area contributed by atoms with Crippen LogP contribution in [0.2, 0.25) is 0 Å². The number of aryl methyl sites for hydroxylation is 2. The van der Waals surface area contributed by atoms with E-state index in [2.05, 4.69) is 20.4 Å². The number of nitrogen functional groups attached to an aromatic ring is 1. The molecule has 7 heteroatoms. The van der Waals surface area contributed by atoms with E-state index in [9.17, 15) is 0 Å². The summed E-state index contributed by atoms with van der Waals surface area (Å²) >= 11 is 0. The molecule has 0 amide bonds. The maximum absolute atomic E-state index is 5.89. The number of nitrogens with one attached hydrogen (secondary N) is 1. The highest BCUT2D eigenvalue weighted by Crippen LogP contribution is 2.15. The number of ether oxygens (including phenoxy) is 1. The van der Waals surface area contributed by atoms with E-state index in [1.165, 1.54) is 0 Å². The number of nitrogens with two attached hydrogens (primary N) is 1. The molecule has 108 valence electrons. The van der Waals surface area contributed by atoms with Gasteiger partial charge in [-0.2, -0.15) is 10.1 Å². The number of hydrogen-bond acceptors (Lipinski definition) is 6. The third-order valence-electron chi connectivity index (χ3n) is 2.69. The van der Waals surface area contributed by atoms with Gasteiger partial charge in [0.25, 0.3) is 0 Å². The van der Waals surface area contributed by atoms with Crippen LogP contribution in [0.3, 0.4) is 0 Å². The summed E-state index contributed by atoms with van der Waals surface area (Å²) in [6, 6.07) is 1.81. The summed E-state index contributed by atoms with van der Waals surface area (Å²) in [5.74, 6) is 1.71. The molecule has 0 fully saturated rings. The van der Waals surface area contributed by atoms with E-state index in [0.29, 0.717) is 24.2 Å². The van der Waals surface area contributed by atoms with Gasteiger partial charge in [0, 0.05) is 30.9 Å². The Kier molecular flexibility index (Phi) is 4.07.